The second kappa shape index (κ2) is 7.81. The van der Waals surface area contributed by atoms with Crippen LogP contribution in [0, 0.1) is 6.92 Å². The Balaban J connectivity index is 2.95. The van der Waals surface area contributed by atoms with Crippen LogP contribution >= 0.6 is 0 Å². The van der Waals surface area contributed by atoms with Crippen LogP contribution in [0.15, 0.2) is 0 Å². The van der Waals surface area contributed by atoms with Gasteiger partial charge < -0.3 is 16.0 Å². The normalized spacial score (nSPS) is 12.1. The van der Waals surface area contributed by atoms with Gasteiger partial charge in [-0.1, -0.05) is 6.92 Å². The van der Waals surface area contributed by atoms with Crippen molar-refractivity contribution in [2.45, 2.75) is 59.5 Å². The van der Waals surface area contributed by atoms with Gasteiger partial charge in [-0.2, -0.15) is 0 Å². The lowest BCUT2D eigenvalue weighted by molar-refractivity contribution is -0.122. The second-order valence-corrected chi connectivity index (χ2v) is 5.49. The summed E-state index contributed by atoms with van der Waals surface area (Å²) < 4.78 is 0. The summed E-state index contributed by atoms with van der Waals surface area (Å²) >= 11 is 0. The zero-order valence-electron chi connectivity index (χ0n) is 13.9. The number of hydrogen-bond acceptors (Lipinski definition) is 5. The van der Waals surface area contributed by atoms with Crippen molar-refractivity contribution in [2.75, 3.05) is 17.7 Å². The fourth-order valence-electron chi connectivity index (χ4n) is 1.96. The highest BCUT2D eigenvalue weighted by atomic mass is 16.2. The summed E-state index contributed by atoms with van der Waals surface area (Å²) in [6.07, 6.45) is 1.80. The molecule has 0 aliphatic carbocycles. The lowest BCUT2D eigenvalue weighted by Gasteiger charge is -2.19. The van der Waals surface area contributed by atoms with E-state index in [2.05, 4.69) is 32.8 Å². The minimum absolute atomic E-state index is 0.0361. The second-order valence-electron chi connectivity index (χ2n) is 5.49. The lowest BCUT2D eigenvalue weighted by Crippen LogP contribution is -2.41. The molecule has 1 atom stereocenters. The summed E-state index contributed by atoms with van der Waals surface area (Å²) in [5.74, 6) is 2.26. The Bertz CT molecular complexity index is 487. The largest absolute Gasteiger partial charge is 0.373 e. The molecule has 6 heteroatoms. The molecule has 1 unspecified atom stereocenters. The van der Waals surface area contributed by atoms with E-state index >= 15 is 0 Å². The SMILES string of the molecule is CCCc1nc(NC)c(C)c(NC(C)C(=O)NC(C)C)n1. The van der Waals surface area contributed by atoms with Gasteiger partial charge in [-0.05, 0) is 34.1 Å². The van der Waals surface area contributed by atoms with Gasteiger partial charge in [0.1, 0.15) is 23.5 Å². The molecule has 0 aromatic carbocycles. The van der Waals surface area contributed by atoms with E-state index in [1.807, 2.05) is 34.7 Å². The molecule has 1 rings (SSSR count). The van der Waals surface area contributed by atoms with Gasteiger partial charge in [0.15, 0.2) is 0 Å². The average molecular weight is 293 g/mol. The molecule has 1 heterocycles. The number of carbonyl (C=O) groups excluding carboxylic acids is 1. The Morgan fingerprint density at radius 1 is 1.19 bits per heavy atom. The number of nitrogens with zero attached hydrogens (tertiary/aromatic N) is 2. The minimum Gasteiger partial charge on any atom is -0.373 e. The molecule has 6 nitrogen and oxygen atoms in total. The van der Waals surface area contributed by atoms with Gasteiger partial charge in [-0.3, -0.25) is 4.79 Å². The molecule has 1 amide bonds. The van der Waals surface area contributed by atoms with Crippen molar-refractivity contribution in [3.05, 3.63) is 11.4 Å². The van der Waals surface area contributed by atoms with Gasteiger partial charge in [-0.25, -0.2) is 9.97 Å². The number of nitrogens with one attached hydrogen (secondary N) is 3. The van der Waals surface area contributed by atoms with E-state index in [0.717, 1.165) is 30.0 Å². The first-order chi connectivity index (χ1) is 9.88. The van der Waals surface area contributed by atoms with Gasteiger partial charge in [0.2, 0.25) is 5.91 Å². The van der Waals surface area contributed by atoms with E-state index in [4.69, 9.17) is 0 Å². The number of carbonyl (C=O) groups is 1. The van der Waals surface area contributed by atoms with Gasteiger partial charge >= 0.3 is 0 Å². The van der Waals surface area contributed by atoms with Crippen LogP contribution in [0.3, 0.4) is 0 Å². The number of rotatable bonds is 7. The standard InChI is InChI=1S/C15H27N5O/c1-7-8-12-19-13(16-6)10(4)14(20-12)18-11(5)15(21)17-9(2)3/h9,11H,7-8H2,1-6H3,(H,17,21)(H2,16,18,19,20). The molecule has 0 bridgehead atoms. The Morgan fingerprint density at radius 3 is 2.33 bits per heavy atom. The Hall–Kier alpha value is -1.85. The maximum absolute atomic E-state index is 12.0. The number of aryl methyl sites for hydroxylation is 1. The third-order valence-electron chi connectivity index (χ3n) is 3.08. The van der Waals surface area contributed by atoms with Crippen LogP contribution in [0.4, 0.5) is 11.6 Å². The van der Waals surface area contributed by atoms with Crippen molar-refractivity contribution < 1.29 is 4.79 Å². The molecule has 0 spiro atoms. The van der Waals surface area contributed by atoms with Crippen LogP contribution in [-0.4, -0.2) is 35.0 Å². The number of hydrogen-bond donors (Lipinski definition) is 3. The third kappa shape index (κ3) is 4.88. The Kier molecular flexibility index (Phi) is 6.39. The summed E-state index contributed by atoms with van der Waals surface area (Å²) in [4.78, 5) is 21.0. The molecule has 0 aliphatic heterocycles. The van der Waals surface area contributed by atoms with Crippen LogP contribution in [0.1, 0.15) is 45.5 Å². The molecular weight excluding hydrogens is 266 g/mol. The van der Waals surface area contributed by atoms with Gasteiger partial charge in [0.25, 0.3) is 0 Å². The van der Waals surface area contributed by atoms with E-state index in [0.29, 0.717) is 5.82 Å². The van der Waals surface area contributed by atoms with Crippen LogP contribution in [0.5, 0.6) is 0 Å². The van der Waals surface area contributed by atoms with Crippen molar-refractivity contribution in [3.63, 3.8) is 0 Å². The molecule has 0 aliphatic rings. The fraction of sp³-hybridized carbons (Fsp3) is 0.667. The Labute approximate surface area is 127 Å². The average Bonchev–Trinajstić information content (AvgIpc) is 2.41. The minimum atomic E-state index is -0.347. The van der Waals surface area contributed by atoms with Crippen molar-refractivity contribution in [1.82, 2.24) is 15.3 Å². The molecule has 1 aromatic rings. The van der Waals surface area contributed by atoms with E-state index in [1.165, 1.54) is 0 Å². The summed E-state index contributed by atoms with van der Waals surface area (Å²) in [6, 6.07) is -0.225. The quantitative estimate of drug-likeness (QED) is 0.717. The molecule has 118 valence electrons. The molecule has 1 aromatic heterocycles. The number of aromatic nitrogens is 2. The predicted octanol–water partition coefficient (Wildman–Crippen LogP) is 2.10. The molecular formula is C15H27N5O. The molecule has 0 radical (unpaired) electrons. The summed E-state index contributed by atoms with van der Waals surface area (Å²) in [7, 11) is 1.84. The zero-order chi connectivity index (χ0) is 16.0. The summed E-state index contributed by atoms with van der Waals surface area (Å²) in [5, 5.41) is 9.15. The first-order valence-electron chi connectivity index (χ1n) is 7.51. The van der Waals surface area contributed by atoms with Crippen molar-refractivity contribution >= 4 is 17.5 Å². The third-order valence-corrected chi connectivity index (χ3v) is 3.08. The number of anilines is 2. The molecule has 0 fully saturated rings. The first kappa shape index (κ1) is 17.2. The molecule has 3 N–H and O–H groups in total. The predicted molar refractivity (Wildman–Crippen MR) is 86.7 cm³/mol. The van der Waals surface area contributed by atoms with Crippen LogP contribution in [-0.2, 0) is 11.2 Å². The van der Waals surface area contributed by atoms with Gasteiger partial charge in [0, 0.05) is 25.1 Å². The Morgan fingerprint density at radius 2 is 1.81 bits per heavy atom. The highest BCUT2D eigenvalue weighted by Gasteiger charge is 2.17. The first-order valence-corrected chi connectivity index (χ1v) is 7.51. The highest BCUT2D eigenvalue weighted by Crippen LogP contribution is 2.20. The van der Waals surface area contributed by atoms with E-state index in [1.54, 1.807) is 0 Å². The monoisotopic (exact) mass is 293 g/mol. The smallest absolute Gasteiger partial charge is 0.242 e. The summed E-state index contributed by atoms with van der Waals surface area (Å²) in [5.41, 5.74) is 0.918. The van der Waals surface area contributed by atoms with Crippen LogP contribution in [0.2, 0.25) is 0 Å². The van der Waals surface area contributed by atoms with E-state index < -0.39 is 0 Å². The number of amides is 1. The maximum atomic E-state index is 12.0. The van der Waals surface area contributed by atoms with Crippen LogP contribution in [0.25, 0.3) is 0 Å². The maximum Gasteiger partial charge on any atom is 0.242 e. The molecule has 0 saturated heterocycles. The topological polar surface area (TPSA) is 78.9 Å². The van der Waals surface area contributed by atoms with E-state index in [-0.39, 0.29) is 18.0 Å². The van der Waals surface area contributed by atoms with Crippen molar-refractivity contribution in [2.24, 2.45) is 0 Å². The van der Waals surface area contributed by atoms with E-state index in [9.17, 15) is 4.79 Å². The summed E-state index contributed by atoms with van der Waals surface area (Å²) in [6.45, 7) is 9.75. The fourth-order valence-corrected chi connectivity index (χ4v) is 1.96. The van der Waals surface area contributed by atoms with Crippen molar-refractivity contribution in [3.8, 4) is 0 Å². The highest BCUT2D eigenvalue weighted by molar-refractivity contribution is 5.84. The molecule has 0 saturated carbocycles. The van der Waals surface area contributed by atoms with Crippen LogP contribution < -0.4 is 16.0 Å². The van der Waals surface area contributed by atoms with Crippen molar-refractivity contribution in [1.29, 1.82) is 0 Å². The molecule has 21 heavy (non-hydrogen) atoms. The van der Waals surface area contributed by atoms with Gasteiger partial charge in [0.05, 0.1) is 0 Å². The zero-order valence-corrected chi connectivity index (χ0v) is 13.9. The lowest BCUT2D eigenvalue weighted by atomic mass is 10.2. The van der Waals surface area contributed by atoms with Gasteiger partial charge in [-0.15, -0.1) is 0 Å².